The summed E-state index contributed by atoms with van der Waals surface area (Å²) in [5.74, 6) is -2.62. The molecular weight excluding hydrogens is 240 g/mol. The fourth-order valence-corrected chi connectivity index (χ4v) is 1.40. The highest BCUT2D eigenvalue weighted by Crippen LogP contribution is 2.11. The van der Waals surface area contributed by atoms with Gasteiger partial charge in [0.2, 0.25) is 0 Å². The summed E-state index contributed by atoms with van der Waals surface area (Å²) in [7, 11) is 0. The highest BCUT2D eigenvalue weighted by atomic mass is 19.1. The first-order valence-corrected chi connectivity index (χ1v) is 5.15. The molecule has 1 aromatic carbocycles. The largest absolute Gasteiger partial charge is 0.346 e. The first-order chi connectivity index (χ1) is 8.68. The Morgan fingerprint density at radius 3 is 2.56 bits per heavy atom. The zero-order valence-electron chi connectivity index (χ0n) is 9.23. The fraction of sp³-hybridized carbons (Fsp3) is 0.0833. The van der Waals surface area contributed by atoms with E-state index in [0.29, 0.717) is 5.69 Å². The van der Waals surface area contributed by atoms with E-state index in [-0.39, 0.29) is 6.54 Å². The van der Waals surface area contributed by atoms with Crippen LogP contribution < -0.4 is 5.32 Å². The Morgan fingerprint density at radius 1 is 1.22 bits per heavy atom. The van der Waals surface area contributed by atoms with E-state index in [1.54, 1.807) is 0 Å². The third-order valence-electron chi connectivity index (χ3n) is 2.24. The molecule has 92 valence electrons. The summed E-state index contributed by atoms with van der Waals surface area (Å²) in [5.41, 5.74) is -0.0935. The zero-order valence-corrected chi connectivity index (χ0v) is 9.23. The maximum absolute atomic E-state index is 13.3. The van der Waals surface area contributed by atoms with E-state index in [1.807, 2.05) is 0 Å². The number of benzene rings is 1. The molecule has 1 amide bonds. The van der Waals surface area contributed by atoms with Gasteiger partial charge >= 0.3 is 0 Å². The van der Waals surface area contributed by atoms with Crippen LogP contribution in [0.3, 0.4) is 0 Å². The highest BCUT2D eigenvalue weighted by molar-refractivity contribution is 5.94. The van der Waals surface area contributed by atoms with E-state index >= 15 is 0 Å². The summed E-state index contributed by atoms with van der Waals surface area (Å²) < 4.78 is 26.6. The second-order valence-electron chi connectivity index (χ2n) is 3.48. The van der Waals surface area contributed by atoms with Crippen molar-refractivity contribution in [1.29, 1.82) is 0 Å². The van der Waals surface area contributed by atoms with Gasteiger partial charge in [0.25, 0.3) is 5.91 Å². The molecule has 0 aliphatic heterocycles. The average molecular weight is 249 g/mol. The van der Waals surface area contributed by atoms with Crippen molar-refractivity contribution in [2.45, 2.75) is 6.54 Å². The van der Waals surface area contributed by atoms with Gasteiger partial charge in [-0.3, -0.25) is 14.8 Å². The van der Waals surface area contributed by atoms with E-state index in [0.717, 1.165) is 12.1 Å². The predicted molar refractivity (Wildman–Crippen MR) is 59.6 cm³/mol. The molecule has 1 heterocycles. The number of carbonyl (C=O) groups excluding carboxylic acids is 1. The molecule has 0 radical (unpaired) electrons. The predicted octanol–water partition coefficient (Wildman–Crippen LogP) is 1.68. The van der Waals surface area contributed by atoms with Crippen LogP contribution in [0.1, 0.15) is 16.1 Å². The van der Waals surface area contributed by atoms with Gasteiger partial charge in [-0.05, 0) is 12.1 Å². The number of amides is 1. The Labute approximate surface area is 102 Å². The van der Waals surface area contributed by atoms with Gasteiger partial charge in [-0.2, -0.15) is 0 Å². The van der Waals surface area contributed by atoms with Crippen molar-refractivity contribution in [2.24, 2.45) is 0 Å². The number of hydrogen-bond acceptors (Lipinski definition) is 3. The van der Waals surface area contributed by atoms with Crippen molar-refractivity contribution in [3.8, 4) is 0 Å². The lowest BCUT2D eigenvalue weighted by Crippen LogP contribution is -2.25. The highest BCUT2D eigenvalue weighted by Gasteiger charge is 2.16. The third-order valence-corrected chi connectivity index (χ3v) is 2.24. The summed E-state index contributed by atoms with van der Waals surface area (Å²) in [6.07, 6.45) is 4.41. The van der Waals surface area contributed by atoms with Gasteiger partial charge in [-0.25, -0.2) is 8.78 Å². The Hall–Kier alpha value is -2.37. The van der Waals surface area contributed by atoms with Gasteiger partial charge in [-0.1, -0.05) is 6.07 Å². The maximum atomic E-state index is 13.3. The lowest BCUT2D eigenvalue weighted by Gasteiger charge is -2.06. The van der Waals surface area contributed by atoms with Crippen LogP contribution in [0, 0.1) is 11.6 Å². The van der Waals surface area contributed by atoms with Crippen molar-refractivity contribution in [3.05, 3.63) is 59.7 Å². The van der Waals surface area contributed by atoms with E-state index < -0.39 is 23.1 Å². The normalized spacial score (nSPS) is 10.1. The zero-order chi connectivity index (χ0) is 13.0. The van der Waals surface area contributed by atoms with Gasteiger partial charge in [0, 0.05) is 12.4 Å². The summed E-state index contributed by atoms with van der Waals surface area (Å²) in [6, 6.07) is 3.25. The minimum absolute atomic E-state index is 0.0560. The summed E-state index contributed by atoms with van der Waals surface area (Å²) in [6.45, 7) is 0.0560. The minimum Gasteiger partial charge on any atom is -0.346 e. The molecule has 0 bridgehead atoms. The van der Waals surface area contributed by atoms with Crippen LogP contribution in [0.2, 0.25) is 0 Å². The number of rotatable bonds is 3. The molecular formula is C12H9F2N3O. The smallest absolute Gasteiger partial charge is 0.257 e. The van der Waals surface area contributed by atoms with Crippen molar-refractivity contribution >= 4 is 5.91 Å². The Balaban J connectivity index is 2.09. The molecule has 1 N–H and O–H groups in total. The van der Waals surface area contributed by atoms with Crippen LogP contribution in [0.4, 0.5) is 8.78 Å². The molecule has 0 saturated carbocycles. The average Bonchev–Trinajstić information content (AvgIpc) is 2.37. The number of carbonyl (C=O) groups is 1. The Bertz CT molecular complexity index is 540. The summed E-state index contributed by atoms with van der Waals surface area (Å²) in [5, 5.41) is 2.38. The number of hydrogen-bond donors (Lipinski definition) is 1. The van der Waals surface area contributed by atoms with Crippen LogP contribution in [0.15, 0.2) is 36.8 Å². The van der Waals surface area contributed by atoms with Crippen LogP contribution in [-0.2, 0) is 6.54 Å². The van der Waals surface area contributed by atoms with Gasteiger partial charge in [0.15, 0.2) is 0 Å². The van der Waals surface area contributed by atoms with Gasteiger partial charge < -0.3 is 5.32 Å². The van der Waals surface area contributed by atoms with E-state index in [2.05, 4.69) is 15.3 Å². The standard InChI is InChI=1S/C12H9F2N3O/c13-9-2-1-3-10(14)11(9)12(18)17-7-8-6-15-4-5-16-8/h1-6H,7H2,(H,17,18). The third kappa shape index (κ3) is 2.65. The summed E-state index contributed by atoms with van der Waals surface area (Å²) in [4.78, 5) is 19.4. The van der Waals surface area contributed by atoms with Crippen molar-refractivity contribution in [1.82, 2.24) is 15.3 Å². The lowest BCUT2D eigenvalue weighted by molar-refractivity contribution is 0.0942. The number of nitrogens with zero attached hydrogens (tertiary/aromatic N) is 2. The van der Waals surface area contributed by atoms with Crippen molar-refractivity contribution in [3.63, 3.8) is 0 Å². The first-order valence-electron chi connectivity index (χ1n) is 5.15. The lowest BCUT2D eigenvalue weighted by atomic mass is 10.2. The molecule has 0 aliphatic carbocycles. The molecule has 6 heteroatoms. The molecule has 1 aromatic heterocycles. The van der Waals surface area contributed by atoms with E-state index in [1.165, 1.54) is 24.7 Å². The van der Waals surface area contributed by atoms with Crippen LogP contribution >= 0.6 is 0 Å². The second kappa shape index (κ2) is 5.31. The molecule has 4 nitrogen and oxygen atoms in total. The molecule has 2 aromatic rings. The first kappa shape index (κ1) is 12.1. The van der Waals surface area contributed by atoms with Crippen molar-refractivity contribution in [2.75, 3.05) is 0 Å². The topological polar surface area (TPSA) is 54.9 Å². The number of halogens is 2. The van der Waals surface area contributed by atoms with E-state index in [9.17, 15) is 13.6 Å². The molecule has 2 rings (SSSR count). The van der Waals surface area contributed by atoms with E-state index in [4.69, 9.17) is 0 Å². The van der Waals surface area contributed by atoms with Crippen molar-refractivity contribution < 1.29 is 13.6 Å². The molecule has 0 fully saturated rings. The molecule has 18 heavy (non-hydrogen) atoms. The molecule has 0 unspecified atom stereocenters. The Morgan fingerprint density at radius 2 is 1.94 bits per heavy atom. The maximum Gasteiger partial charge on any atom is 0.257 e. The Kier molecular flexibility index (Phi) is 3.57. The molecule has 0 aliphatic rings. The monoisotopic (exact) mass is 249 g/mol. The van der Waals surface area contributed by atoms with Crippen LogP contribution in [0.25, 0.3) is 0 Å². The van der Waals surface area contributed by atoms with Gasteiger partial charge in [-0.15, -0.1) is 0 Å². The van der Waals surface area contributed by atoms with Gasteiger partial charge in [0.05, 0.1) is 18.4 Å². The summed E-state index contributed by atoms with van der Waals surface area (Å²) >= 11 is 0. The number of aromatic nitrogens is 2. The molecule has 0 saturated heterocycles. The minimum atomic E-state index is -0.897. The molecule has 0 atom stereocenters. The van der Waals surface area contributed by atoms with Gasteiger partial charge in [0.1, 0.15) is 17.2 Å². The molecule has 0 spiro atoms. The quantitative estimate of drug-likeness (QED) is 0.900. The van der Waals surface area contributed by atoms with Crippen LogP contribution in [0.5, 0.6) is 0 Å². The fourth-order valence-electron chi connectivity index (χ4n) is 1.40. The number of nitrogens with one attached hydrogen (secondary N) is 1. The second-order valence-corrected chi connectivity index (χ2v) is 3.48. The SMILES string of the molecule is O=C(NCc1cnccn1)c1c(F)cccc1F. The van der Waals surface area contributed by atoms with Crippen LogP contribution in [-0.4, -0.2) is 15.9 Å².